The van der Waals surface area contributed by atoms with Gasteiger partial charge in [-0.25, -0.2) is 9.59 Å². The van der Waals surface area contributed by atoms with Gasteiger partial charge in [0.1, 0.15) is 23.9 Å². The number of rotatable bonds is 5. The number of pyridine rings is 1. The summed E-state index contributed by atoms with van der Waals surface area (Å²) < 4.78 is 18.3. The number of hydrogen-bond acceptors (Lipinski definition) is 7. The summed E-state index contributed by atoms with van der Waals surface area (Å²) >= 11 is 0. The van der Waals surface area contributed by atoms with Crippen LogP contribution in [-0.2, 0) is 9.53 Å². The first-order valence-electron chi connectivity index (χ1n) is 10.6. The minimum atomic E-state index is -0.467. The van der Waals surface area contributed by atoms with Gasteiger partial charge in [-0.1, -0.05) is 11.2 Å². The van der Waals surface area contributed by atoms with Crippen LogP contribution >= 0.6 is 0 Å². The molecule has 0 aliphatic carbocycles. The summed E-state index contributed by atoms with van der Waals surface area (Å²) in [4.78, 5) is 32.5. The lowest BCUT2D eigenvalue weighted by Crippen LogP contribution is -2.31. The van der Waals surface area contributed by atoms with Gasteiger partial charge in [0.15, 0.2) is 5.75 Å². The van der Waals surface area contributed by atoms with E-state index in [4.69, 9.17) is 14.0 Å². The Bertz CT molecular complexity index is 1430. The summed E-state index contributed by atoms with van der Waals surface area (Å²) in [6.07, 6.45) is 4.66. The topological polar surface area (TPSA) is 112 Å². The van der Waals surface area contributed by atoms with Crippen molar-refractivity contribution in [1.29, 1.82) is 0 Å². The van der Waals surface area contributed by atoms with Crippen molar-refractivity contribution in [1.82, 2.24) is 19.7 Å². The zero-order valence-corrected chi connectivity index (χ0v) is 18.4. The van der Waals surface area contributed by atoms with Crippen LogP contribution in [0.1, 0.15) is 35.7 Å². The van der Waals surface area contributed by atoms with Gasteiger partial charge in [-0.2, -0.15) is 0 Å². The third kappa shape index (κ3) is 3.42. The summed E-state index contributed by atoms with van der Waals surface area (Å²) in [6, 6.07) is 7.03. The van der Waals surface area contributed by atoms with Crippen LogP contribution in [0.4, 0.5) is 0 Å². The van der Waals surface area contributed by atoms with Crippen molar-refractivity contribution in [2.24, 2.45) is 0 Å². The summed E-state index contributed by atoms with van der Waals surface area (Å²) in [5.74, 6) is 0.714. The number of aromatic nitrogens is 4. The summed E-state index contributed by atoms with van der Waals surface area (Å²) in [5, 5.41) is 4.08. The highest BCUT2D eigenvalue weighted by Crippen LogP contribution is 2.44. The maximum Gasteiger partial charge on any atom is 0.330 e. The number of aromatic amines is 1. The summed E-state index contributed by atoms with van der Waals surface area (Å²) in [7, 11) is 0. The second-order valence-electron chi connectivity index (χ2n) is 7.73. The lowest BCUT2D eigenvalue weighted by Gasteiger charge is -2.26. The van der Waals surface area contributed by atoms with Crippen molar-refractivity contribution in [3.8, 4) is 16.9 Å². The van der Waals surface area contributed by atoms with E-state index in [2.05, 4.69) is 15.1 Å². The van der Waals surface area contributed by atoms with Crippen LogP contribution in [0.5, 0.6) is 5.75 Å². The molecule has 3 aromatic heterocycles. The quantitative estimate of drug-likeness (QED) is 0.368. The molecular weight excluding hydrogens is 424 g/mol. The minimum absolute atomic E-state index is 0.241. The summed E-state index contributed by atoms with van der Waals surface area (Å²) in [6.45, 7) is 5.93. The Morgan fingerprint density at radius 1 is 1.36 bits per heavy atom. The fourth-order valence-electron chi connectivity index (χ4n) is 4.30. The molecule has 5 rings (SSSR count). The Hall–Kier alpha value is -4.14. The molecule has 9 nitrogen and oxygen atoms in total. The Balaban J connectivity index is 1.80. The van der Waals surface area contributed by atoms with E-state index in [1.807, 2.05) is 38.1 Å². The first kappa shape index (κ1) is 20.7. The number of carbonyl (C=O) groups is 1. The number of aryl methyl sites for hydroxylation is 2. The monoisotopic (exact) mass is 446 g/mol. The number of benzene rings is 1. The molecule has 0 bridgehead atoms. The first-order chi connectivity index (χ1) is 16.0. The van der Waals surface area contributed by atoms with Crippen molar-refractivity contribution in [3.05, 3.63) is 69.7 Å². The third-order valence-corrected chi connectivity index (χ3v) is 5.69. The fraction of sp³-hybridized carbons (Fsp3) is 0.250. The number of nitrogens with one attached hydrogen (secondary N) is 1. The maximum absolute atomic E-state index is 13.1. The predicted molar refractivity (Wildman–Crippen MR) is 121 cm³/mol. The molecule has 1 aliphatic heterocycles. The number of ether oxygens (including phenoxy) is 2. The van der Waals surface area contributed by atoms with E-state index in [0.717, 1.165) is 16.8 Å². The molecule has 1 aromatic carbocycles. The summed E-state index contributed by atoms with van der Waals surface area (Å²) in [5.41, 5.74) is 4.45. The van der Waals surface area contributed by atoms with Crippen molar-refractivity contribution in [2.45, 2.75) is 26.8 Å². The van der Waals surface area contributed by atoms with Crippen LogP contribution in [0.25, 0.3) is 28.2 Å². The molecule has 1 atom stereocenters. The van der Waals surface area contributed by atoms with Crippen molar-refractivity contribution < 1.29 is 18.8 Å². The normalized spacial score (nSPS) is 15.2. The van der Waals surface area contributed by atoms with E-state index >= 15 is 0 Å². The minimum Gasteiger partial charge on any atom is -0.488 e. The van der Waals surface area contributed by atoms with E-state index in [1.54, 1.807) is 23.8 Å². The molecule has 0 fully saturated rings. The largest absolute Gasteiger partial charge is 0.488 e. The van der Waals surface area contributed by atoms with E-state index in [-0.39, 0.29) is 18.9 Å². The Kier molecular flexibility index (Phi) is 5.08. The van der Waals surface area contributed by atoms with Crippen LogP contribution in [0.2, 0.25) is 0 Å². The van der Waals surface area contributed by atoms with E-state index < -0.39 is 12.0 Å². The molecular formula is C24H22N4O5. The van der Waals surface area contributed by atoms with Gasteiger partial charge in [-0.3, -0.25) is 9.55 Å². The van der Waals surface area contributed by atoms with Crippen LogP contribution in [0.3, 0.4) is 0 Å². The van der Waals surface area contributed by atoms with E-state index in [0.29, 0.717) is 33.8 Å². The number of carbonyl (C=O) groups excluding carboxylic acids is 1. The molecule has 4 aromatic rings. The lowest BCUT2D eigenvalue weighted by atomic mass is 9.97. The molecule has 0 spiro atoms. The number of esters is 1. The number of hydrogen-bond donors (Lipinski definition) is 1. The van der Waals surface area contributed by atoms with Gasteiger partial charge in [0.2, 0.25) is 0 Å². The molecule has 4 heterocycles. The van der Waals surface area contributed by atoms with Gasteiger partial charge in [0, 0.05) is 23.4 Å². The van der Waals surface area contributed by atoms with Gasteiger partial charge in [0.25, 0.3) is 0 Å². The molecule has 0 saturated heterocycles. The zero-order valence-electron chi connectivity index (χ0n) is 18.4. The maximum atomic E-state index is 13.1. The Morgan fingerprint density at radius 3 is 2.91 bits per heavy atom. The van der Waals surface area contributed by atoms with E-state index in [9.17, 15) is 9.59 Å². The highest BCUT2D eigenvalue weighted by molar-refractivity contribution is 5.99. The van der Waals surface area contributed by atoms with Gasteiger partial charge < -0.3 is 19.0 Å². The Labute approximate surface area is 188 Å². The van der Waals surface area contributed by atoms with Gasteiger partial charge in [0.05, 0.1) is 29.1 Å². The average molecular weight is 446 g/mol. The van der Waals surface area contributed by atoms with Crippen LogP contribution in [-0.4, -0.2) is 38.9 Å². The average Bonchev–Trinajstić information content (AvgIpc) is 3.34. The predicted octanol–water partition coefficient (Wildman–Crippen LogP) is 3.55. The van der Waals surface area contributed by atoms with Crippen molar-refractivity contribution in [3.63, 3.8) is 0 Å². The third-order valence-electron chi connectivity index (χ3n) is 5.69. The van der Waals surface area contributed by atoms with E-state index in [1.165, 1.54) is 6.08 Å². The molecule has 168 valence electrons. The molecule has 1 N–H and O–H groups in total. The smallest absolute Gasteiger partial charge is 0.330 e. The molecule has 0 radical (unpaired) electrons. The fourth-order valence-corrected chi connectivity index (χ4v) is 4.30. The molecule has 0 amide bonds. The number of nitrogens with zero attached hydrogens (tertiary/aromatic N) is 3. The molecule has 0 saturated carbocycles. The number of H-pyrrole nitrogens is 1. The standard InChI is InChI=1S/C24H22N4O5/c1-4-31-19(29)9-8-15-11-16(20-13(2)27-33-14(20)3)23-22-21(15)26-24(30)28(22)18(12-32-23)17-7-5-6-10-25-17/h5-11,18H,4,12H2,1-3H3,(H,26,30)/b9-8+/t18-/m1/s1. The number of imidazole rings is 1. The Morgan fingerprint density at radius 2 is 2.21 bits per heavy atom. The van der Waals surface area contributed by atoms with Crippen LogP contribution in [0, 0.1) is 13.8 Å². The van der Waals surface area contributed by atoms with Gasteiger partial charge in [-0.15, -0.1) is 0 Å². The van der Waals surface area contributed by atoms with Gasteiger partial charge in [-0.05, 0) is 45.0 Å². The molecule has 1 aliphatic rings. The van der Waals surface area contributed by atoms with Crippen LogP contribution < -0.4 is 10.4 Å². The highest BCUT2D eigenvalue weighted by atomic mass is 16.5. The SMILES string of the molecule is CCOC(=O)/C=C/c1cc(-c2c(C)noc2C)c2c3c1[nH]c(=O)n3[C@@H](c1ccccn1)CO2. The second kappa shape index (κ2) is 8.09. The highest BCUT2D eigenvalue weighted by Gasteiger charge is 2.32. The second-order valence-corrected chi connectivity index (χ2v) is 7.73. The van der Waals surface area contributed by atoms with Crippen molar-refractivity contribution in [2.75, 3.05) is 13.2 Å². The first-order valence-corrected chi connectivity index (χ1v) is 10.6. The zero-order chi connectivity index (χ0) is 23.1. The van der Waals surface area contributed by atoms with Gasteiger partial charge >= 0.3 is 11.7 Å². The molecule has 9 heteroatoms. The molecule has 0 unspecified atom stereocenters. The van der Waals surface area contributed by atoms with Crippen LogP contribution in [0.15, 0.2) is 45.9 Å². The lowest BCUT2D eigenvalue weighted by molar-refractivity contribution is -0.137. The molecule has 33 heavy (non-hydrogen) atoms. The van der Waals surface area contributed by atoms with Crippen molar-refractivity contribution >= 4 is 23.1 Å².